The molecule has 0 bridgehead atoms. The molecule has 5 N–H and O–H groups in total. The first-order valence-electron chi connectivity index (χ1n) is 20.8. The van der Waals surface area contributed by atoms with Gasteiger partial charge in [-0.15, -0.1) is 11.3 Å². The maximum atomic E-state index is 14.2. The first kappa shape index (κ1) is 45.9. The minimum atomic E-state index is -1.08. The molecule has 16 heteroatoms. The van der Waals surface area contributed by atoms with E-state index in [1.165, 1.54) is 6.20 Å². The molecule has 2 fully saturated rings. The molecule has 0 aliphatic carbocycles. The lowest BCUT2D eigenvalue weighted by Gasteiger charge is -2.28. The summed E-state index contributed by atoms with van der Waals surface area (Å²) >= 11 is 1.06. The van der Waals surface area contributed by atoms with Crippen molar-refractivity contribution < 1.29 is 38.2 Å². The van der Waals surface area contributed by atoms with Gasteiger partial charge in [0.25, 0.3) is 5.91 Å². The topological polar surface area (TPSA) is 200 Å². The summed E-state index contributed by atoms with van der Waals surface area (Å²) in [5, 5.41) is 15.1. The molecular formula is C44H59N7O8S. The molecule has 1 aromatic heterocycles. The molecule has 324 valence electrons. The lowest BCUT2D eigenvalue weighted by Crippen LogP contribution is -2.59. The van der Waals surface area contributed by atoms with Crippen molar-refractivity contribution in [2.75, 3.05) is 32.8 Å². The van der Waals surface area contributed by atoms with Crippen molar-refractivity contribution >= 4 is 46.8 Å². The number of carbonyl (C=O) groups is 6. The molecule has 60 heavy (non-hydrogen) atoms. The van der Waals surface area contributed by atoms with Gasteiger partial charge in [0.15, 0.2) is 5.78 Å². The molecule has 2 saturated heterocycles. The number of thiazole rings is 1. The van der Waals surface area contributed by atoms with Crippen molar-refractivity contribution in [2.24, 2.45) is 11.8 Å². The Morgan fingerprint density at radius 2 is 1.33 bits per heavy atom. The highest BCUT2D eigenvalue weighted by atomic mass is 32.1. The maximum absolute atomic E-state index is 14.2. The zero-order chi connectivity index (χ0) is 43.2. The summed E-state index contributed by atoms with van der Waals surface area (Å²) in [4.78, 5) is 88.1. The van der Waals surface area contributed by atoms with Gasteiger partial charge in [-0.05, 0) is 55.6 Å². The molecule has 5 rings (SSSR count). The second-order valence-corrected chi connectivity index (χ2v) is 17.6. The van der Waals surface area contributed by atoms with Crippen LogP contribution in [0.5, 0.6) is 0 Å². The Bertz CT molecular complexity index is 1910. The molecule has 5 amide bonds. The summed E-state index contributed by atoms with van der Waals surface area (Å²) in [7, 11) is 0. The zero-order valence-electron chi connectivity index (χ0n) is 35.2. The van der Waals surface area contributed by atoms with Crippen LogP contribution in [0.1, 0.15) is 79.7 Å². The van der Waals surface area contributed by atoms with E-state index in [1.54, 1.807) is 11.8 Å². The maximum Gasteiger partial charge on any atom is 0.410 e. The number of aromatic nitrogens is 1. The monoisotopic (exact) mass is 845 g/mol. The number of Topliss-reactive ketones (excluding diaryl/α,β-unsaturated/α-hetero) is 1. The van der Waals surface area contributed by atoms with E-state index in [9.17, 15) is 28.8 Å². The van der Waals surface area contributed by atoms with Crippen LogP contribution in [-0.4, -0.2) is 108 Å². The number of benzene rings is 2. The molecule has 5 atom stereocenters. The van der Waals surface area contributed by atoms with Gasteiger partial charge in [-0.25, -0.2) is 9.78 Å². The number of ketones is 1. The van der Waals surface area contributed by atoms with Gasteiger partial charge in [-0.2, -0.15) is 0 Å². The summed E-state index contributed by atoms with van der Waals surface area (Å²) in [6.45, 7) is 12.1. The smallest absolute Gasteiger partial charge is 0.410 e. The molecule has 15 nitrogen and oxygen atoms in total. The van der Waals surface area contributed by atoms with Crippen LogP contribution in [0.25, 0.3) is 0 Å². The Hall–Kier alpha value is -5.19. The zero-order valence-corrected chi connectivity index (χ0v) is 36.0. The Kier molecular flexibility index (Phi) is 16.7. The minimum absolute atomic E-state index is 0.0385. The molecule has 2 aliphatic rings. The predicted molar refractivity (Wildman–Crippen MR) is 227 cm³/mol. The predicted octanol–water partition coefficient (Wildman–Crippen LogP) is 3.56. The van der Waals surface area contributed by atoms with E-state index < -0.39 is 59.5 Å². The van der Waals surface area contributed by atoms with Crippen LogP contribution in [0.2, 0.25) is 0 Å². The van der Waals surface area contributed by atoms with Gasteiger partial charge in [0, 0.05) is 32.6 Å². The normalized spacial score (nSPS) is 18.1. The highest BCUT2D eigenvalue weighted by Crippen LogP contribution is 2.30. The van der Waals surface area contributed by atoms with Gasteiger partial charge in [0.05, 0.1) is 18.8 Å². The number of ether oxygens (including phenoxy) is 2. The van der Waals surface area contributed by atoms with Crippen LogP contribution in [0, 0.1) is 11.8 Å². The van der Waals surface area contributed by atoms with Crippen LogP contribution >= 0.6 is 11.3 Å². The fourth-order valence-corrected chi connectivity index (χ4v) is 7.63. The molecule has 0 saturated carbocycles. The van der Waals surface area contributed by atoms with E-state index in [1.807, 2.05) is 88.4 Å². The third-order valence-electron chi connectivity index (χ3n) is 10.4. The highest BCUT2D eigenvalue weighted by Gasteiger charge is 2.50. The van der Waals surface area contributed by atoms with Crippen LogP contribution < -0.4 is 26.6 Å². The van der Waals surface area contributed by atoms with Gasteiger partial charge < -0.3 is 41.0 Å². The quantitative estimate of drug-likeness (QED) is 0.0989. The number of aryl methyl sites for hydroxylation is 1. The summed E-state index contributed by atoms with van der Waals surface area (Å²) in [6.07, 6.45) is 2.37. The number of carbonyl (C=O) groups excluding carboxylic acids is 6. The van der Waals surface area contributed by atoms with Crippen molar-refractivity contribution in [3.63, 3.8) is 0 Å². The second kappa shape index (κ2) is 21.9. The molecule has 2 aromatic carbocycles. The lowest BCUT2D eigenvalue weighted by molar-refractivity contribution is -0.134. The van der Waals surface area contributed by atoms with E-state index in [4.69, 9.17) is 9.47 Å². The number of hydrogen-bond acceptors (Lipinski definition) is 11. The number of hydrogen-bond donors (Lipinski definition) is 5. The van der Waals surface area contributed by atoms with Crippen molar-refractivity contribution in [3.05, 3.63) is 87.9 Å². The fraction of sp³-hybridized carbons (Fsp3) is 0.523. The van der Waals surface area contributed by atoms with Crippen molar-refractivity contribution in [2.45, 2.75) is 103 Å². The van der Waals surface area contributed by atoms with Crippen LogP contribution in [0.15, 0.2) is 66.9 Å². The van der Waals surface area contributed by atoms with Crippen LogP contribution in [0.3, 0.4) is 0 Å². The molecule has 3 heterocycles. The van der Waals surface area contributed by atoms with Gasteiger partial charge in [0.2, 0.25) is 17.7 Å². The van der Waals surface area contributed by atoms with Gasteiger partial charge in [-0.3, -0.25) is 24.0 Å². The molecule has 0 radical (unpaired) electrons. The number of rotatable bonds is 21. The average Bonchev–Trinajstić information content (AvgIpc) is 3.81. The van der Waals surface area contributed by atoms with E-state index >= 15 is 0 Å². The fourth-order valence-electron chi connectivity index (χ4n) is 6.90. The molecule has 1 unspecified atom stereocenters. The summed E-state index contributed by atoms with van der Waals surface area (Å²) in [5.41, 5.74) is 0.796. The van der Waals surface area contributed by atoms with Crippen LogP contribution in [-0.2, 0) is 48.1 Å². The minimum Gasteiger partial charge on any atom is -0.442 e. The summed E-state index contributed by atoms with van der Waals surface area (Å²) in [6, 6.07) is 14.8. The van der Waals surface area contributed by atoms with Gasteiger partial charge >= 0.3 is 6.09 Å². The van der Waals surface area contributed by atoms with Crippen LogP contribution in [0.4, 0.5) is 4.79 Å². The number of piperazine rings is 1. The van der Waals surface area contributed by atoms with Gasteiger partial charge in [0.1, 0.15) is 40.2 Å². The third kappa shape index (κ3) is 13.9. The van der Waals surface area contributed by atoms with E-state index in [2.05, 4.69) is 31.6 Å². The largest absolute Gasteiger partial charge is 0.442 e. The third-order valence-corrected chi connectivity index (χ3v) is 11.3. The van der Waals surface area contributed by atoms with Crippen molar-refractivity contribution in [1.82, 2.24) is 36.5 Å². The Labute approximate surface area is 356 Å². The standard InChI is InChI=1S/C44H59N7O8S/c1-28(2)22-33(38(52)44(5)27-59-44)48-41(55)35(24-31-14-10-7-11-15-31)50-40(54)34(23-29(3)4)49-39(53)32(17-16-30-12-8-6-9-13-30)47-42(56)36-25-46-37(60-36)26-58-43(57)51-20-18-45-19-21-51/h6-15,25,28-29,32-35,45H,16-24,26-27H2,1-5H3,(H,47,56)(H,48,55)(H,49,53)(H,50,54)/t32-,33-,34-,35-,44?/m0/s1. The number of amides is 5. The number of nitrogens with zero attached hydrogens (tertiary/aromatic N) is 2. The highest BCUT2D eigenvalue weighted by molar-refractivity contribution is 7.13. The van der Waals surface area contributed by atoms with E-state index in [0.717, 1.165) is 22.5 Å². The Morgan fingerprint density at radius 3 is 1.95 bits per heavy atom. The number of epoxide rings is 1. The van der Waals surface area contributed by atoms with E-state index in [0.29, 0.717) is 44.0 Å². The lowest BCUT2D eigenvalue weighted by atomic mass is 9.93. The van der Waals surface area contributed by atoms with E-state index in [-0.39, 0.29) is 55.0 Å². The Morgan fingerprint density at radius 1 is 0.783 bits per heavy atom. The summed E-state index contributed by atoms with van der Waals surface area (Å²) in [5.74, 6) is -2.38. The first-order valence-corrected chi connectivity index (χ1v) is 21.6. The second-order valence-electron chi connectivity index (χ2n) is 16.5. The Balaban J connectivity index is 1.30. The molecule has 3 aromatic rings. The van der Waals surface area contributed by atoms with Crippen molar-refractivity contribution in [1.29, 1.82) is 0 Å². The molecular weight excluding hydrogens is 787 g/mol. The van der Waals surface area contributed by atoms with Crippen molar-refractivity contribution in [3.8, 4) is 0 Å². The van der Waals surface area contributed by atoms with Gasteiger partial charge in [-0.1, -0.05) is 88.4 Å². The molecule has 2 aliphatic heterocycles. The number of nitrogens with one attached hydrogen (secondary N) is 5. The first-order chi connectivity index (χ1) is 28.7. The summed E-state index contributed by atoms with van der Waals surface area (Å²) < 4.78 is 10.8. The average molecular weight is 846 g/mol. The SMILES string of the molecule is CC(C)C[C@H](NC(=O)[C@H](CCc1ccccc1)NC(=O)c1cnc(COC(=O)N2CCNCC2)s1)C(=O)N[C@@H](Cc1ccccc1)C(=O)N[C@@H](CC(C)C)C(=O)C1(C)CO1. The molecule has 0 spiro atoms.